The van der Waals surface area contributed by atoms with Gasteiger partial charge in [-0.1, -0.05) is 0 Å². The van der Waals surface area contributed by atoms with E-state index >= 15 is 0 Å². The summed E-state index contributed by atoms with van der Waals surface area (Å²) in [6, 6.07) is 0. The highest BCUT2D eigenvalue weighted by atomic mass is 16.5. The molecule has 1 atom stereocenters. The maximum Gasteiger partial charge on any atom is 0.303 e. The summed E-state index contributed by atoms with van der Waals surface area (Å²) in [6.07, 6.45) is 3.68. The Morgan fingerprint density at radius 1 is 1.55 bits per heavy atom. The Kier molecular flexibility index (Phi) is 4.76. The number of nitrogens with zero attached hydrogens (tertiary/aromatic N) is 3. The molecule has 2 heterocycles. The number of aromatic nitrogens is 2. The van der Waals surface area contributed by atoms with Crippen molar-refractivity contribution in [3.63, 3.8) is 0 Å². The van der Waals surface area contributed by atoms with E-state index in [1.54, 1.807) is 0 Å². The molecule has 0 amide bonds. The summed E-state index contributed by atoms with van der Waals surface area (Å²) in [5.74, 6) is 0.925. The van der Waals surface area contributed by atoms with Crippen molar-refractivity contribution in [2.45, 2.75) is 33.1 Å². The quantitative estimate of drug-likeness (QED) is 0.887. The van der Waals surface area contributed by atoms with Crippen LogP contribution < -0.4 is 9.64 Å². The lowest BCUT2D eigenvalue weighted by Crippen LogP contribution is -2.37. The van der Waals surface area contributed by atoms with Crippen LogP contribution in [0.5, 0.6) is 5.88 Å². The van der Waals surface area contributed by atoms with E-state index in [2.05, 4.69) is 14.9 Å². The van der Waals surface area contributed by atoms with Crippen LogP contribution in [0.15, 0.2) is 6.33 Å². The van der Waals surface area contributed by atoms with Gasteiger partial charge in [-0.3, -0.25) is 4.79 Å². The first-order valence-electron chi connectivity index (χ1n) is 7.03. The average Bonchev–Trinajstić information content (AvgIpc) is 2.41. The minimum absolute atomic E-state index is 0.186. The molecular weight excluding hydrogens is 258 g/mol. The van der Waals surface area contributed by atoms with E-state index in [-0.39, 0.29) is 12.3 Å². The van der Waals surface area contributed by atoms with Gasteiger partial charge in [-0.05, 0) is 32.6 Å². The monoisotopic (exact) mass is 279 g/mol. The van der Waals surface area contributed by atoms with E-state index in [4.69, 9.17) is 9.84 Å². The van der Waals surface area contributed by atoms with Crippen molar-refractivity contribution < 1.29 is 14.6 Å². The summed E-state index contributed by atoms with van der Waals surface area (Å²) in [5, 5.41) is 8.93. The van der Waals surface area contributed by atoms with Gasteiger partial charge in [0.15, 0.2) is 0 Å². The molecule has 1 fully saturated rings. The largest absolute Gasteiger partial charge is 0.481 e. The zero-order chi connectivity index (χ0) is 14.5. The minimum atomic E-state index is -0.730. The first kappa shape index (κ1) is 14.6. The minimum Gasteiger partial charge on any atom is -0.481 e. The first-order chi connectivity index (χ1) is 9.61. The van der Waals surface area contributed by atoms with Crippen LogP contribution >= 0.6 is 0 Å². The Bertz CT molecular complexity index is 479. The summed E-state index contributed by atoms with van der Waals surface area (Å²) in [4.78, 5) is 21.5. The van der Waals surface area contributed by atoms with Gasteiger partial charge in [0, 0.05) is 19.5 Å². The third-order valence-electron chi connectivity index (χ3n) is 3.57. The molecule has 6 heteroatoms. The lowest BCUT2D eigenvalue weighted by Gasteiger charge is -2.33. The number of hydrogen-bond acceptors (Lipinski definition) is 5. The van der Waals surface area contributed by atoms with Crippen molar-refractivity contribution >= 4 is 11.8 Å². The van der Waals surface area contributed by atoms with Gasteiger partial charge in [-0.2, -0.15) is 0 Å². The van der Waals surface area contributed by atoms with Crippen LogP contribution in [0, 0.1) is 12.8 Å². The number of ether oxygens (including phenoxy) is 1. The third-order valence-corrected chi connectivity index (χ3v) is 3.57. The Morgan fingerprint density at radius 3 is 3.05 bits per heavy atom. The van der Waals surface area contributed by atoms with E-state index in [1.165, 1.54) is 6.33 Å². The van der Waals surface area contributed by atoms with Crippen LogP contribution in [-0.4, -0.2) is 40.7 Å². The molecule has 6 nitrogen and oxygen atoms in total. The molecule has 0 spiro atoms. The maximum atomic E-state index is 10.9. The number of aliphatic carboxylic acids is 1. The second kappa shape index (κ2) is 6.54. The van der Waals surface area contributed by atoms with Crippen molar-refractivity contribution in [2.24, 2.45) is 5.92 Å². The molecule has 2 rings (SSSR count). The molecule has 0 aromatic carbocycles. The molecule has 1 saturated heterocycles. The fourth-order valence-corrected chi connectivity index (χ4v) is 2.70. The highest BCUT2D eigenvalue weighted by molar-refractivity contribution is 5.67. The smallest absolute Gasteiger partial charge is 0.303 e. The van der Waals surface area contributed by atoms with Crippen molar-refractivity contribution in [3.8, 4) is 5.88 Å². The summed E-state index contributed by atoms with van der Waals surface area (Å²) in [5.41, 5.74) is 0.922. The van der Waals surface area contributed by atoms with Crippen LogP contribution in [0.1, 0.15) is 31.7 Å². The normalized spacial score (nSPS) is 18.9. The standard InChI is InChI=1S/C14H21N3O3/c1-3-20-14-10(2)13(15-9-16-14)17-6-4-5-11(8-17)7-12(18)19/h9,11H,3-8H2,1-2H3,(H,18,19). The summed E-state index contributed by atoms with van der Waals surface area (Å²) < 4.78 is 5.49. The predicted molar refractivity (Wildman–Crippen MR) is 75.1 cm³/mol. The highest BCUT2D eigenvalue weighted by Gasteiger charge is 2.24. The van der Waals surface area contributed by atoms with Crippen molar-refractivity contribution in [1.82, 2.24) is 9.97 Å². The van der Waals surface area contributed by atoms with Crippen LogP contribution in [0.4, 0.5) is 5.82 Å². The van der Waals surface area contributed by atoms with Gasteiger partial charge < -0.3 is 14.7 Å². The number of anilines is 1. The maximum absolute atomic E-state index is 10.9. The van der Waals surface area contributed by atoms with E-state index in [9.17, 15) is 4.79 Å². The molecule has 20 heavy (non-hydrogen) atoms. The molecule has 1 aliphatic rings. The molecule has 1 aromatic rings. The Labute approximate surface area is 118 Å². The Balaban J connectivity index is 2.14. The molecule has 1 aliphatic heterocycles. The Hall–Kier alpha value is -1.85. The van der Waals surface area contributed by atoms with Crippen molar-refractivity contribution in [3.05, 3.63) is 11.9 Å². The van der Waals surface area contributed by atoms with Gasteiger partial charge in [-0.15, -0.1) is 0 Å². The third kappa shape index (κ3) is 3.37. The van der Waals surface area contributed by atoms with Crippen LogP contribution in [0.2, 0.25) is 0 Å². The second-order valence-corrected chi connectivity index (χ2v) is 5.11. The Morgan fingerprint density at radius 2 is 2.35 bits per heavy atom. The lowest BCUT2D eigenvalue weighted by atomic mass is 9.94. The lowest BCUT2D eigenvalue weighted by molar-refractivity contribution is -0.138. The number of piperidine rings is 1. The zero-order valence-electron chi connectivity index (χ0n) is 12.0. The zero-order valence-corrected chi connectivity index (χ0v) is 12.0. The van der Waals surface area contributed by atoms with Gasteiger partial charge in [0.1, 0.15) is 12.1 Å². The number of carbonyl (C=O) groups is 1. The van der Waals surface area contributed by atoms with Gasteiger partial charge in [0.25, 0.3) is 0 Å². The van der Waals surface area contributed by atoms with E-state index in [0.29, 0.717) is 12.5 Å². The molecule has 110 valence electrons. The first-order valence-corrected chi connectivity index (χ1v) is 7.03. The van der Waals surface area contributed by atoms with Gasteiger partial charge in [0.05, 0.1) is 12.2 Å². The highest BCUT2D eigenvalue weighted by Crippen LogP contribution is 2.28. The molecule has 0 aliphatic carbocycles. The second-order valence-electron chi connectivity index (χ2n) is 5.11. The van der Waals surface area contributed by atoms with Gasteiger partial charge in [-0.25, -0.2) is 9.97 Å². The summed E-state index contributed by atoms with van der Waals surface area (Å²) in [7, 11) is 0. The SMILES string of the molecule is CCOc1ncnc(N2CCCC(CC(=O)O)C2)c1C. The number of carboxylic acid groups (broad SMARTS) is 1. The molecule has 0 bridgehead atoms. The average molecular weight is 279 g/mol. The van der Waals surface area contributed by atoms with Crippen LogP contribution in [0.25, 0.3) is 0 Å². The van der Waals surface area contributed by atoms with Crippen molar-refractivity contribution in [1.29, 1.82) is 0 Å². The molecular formula is C14H21N3O3. The molecule has 1 N–H and O–H groups in total. The van der Waals surface area contributed by atoms with Crippen LogP contribution in [0.3, 0.4) is 0 Å². The van der Waals surface area contributed by atoms with E-state index in [0.717, 1.165) is 37.3 Å². The van der Waals surface area contributed by atoms with Gasteiger partial charge >= 0.3 is 5.97 Å². The molecule has 1 unspecified atom stereocenters. The summed E-state index contributed by atoms with van der Waals surface area (Å²) in [6.45, 7) is 6.07. The van der Waals surface area contributed by atoms with Crippen molar-refractivity contribution in [2.75, 3.05) is 24.6 Å². The van der Waals surface area contributed by atoms with E-state index < -0.39 is 5.97 Å². The topological polar surface area (TPSA) is 75.6 Å². The fraction of sp³-hybridized carbons (Fsp3) is 0.643. The number of rotatable bonds is 5. The number of carboxylic acids is 1. The van der Waals surface area contributed by atoms with E-state index in [1.807, 2.05) is 13.8 Å². The van der Waals surface area contributed by atoms with Crippen LogP contribution in [-0.2, 0) is 4.79 Å². The van der Waals surface area contributed by atoms with Gasteiger partial charge in [0.2, 0.25) is 5.88 Å². The molecule has 1 aromatic heterocycles. The molecule has 0 saturated carbocycles. The predicted octanol–water partition coefficient (Wildman–Crippen LogP) is 1.87. The fourth-order valence-electron chi connectivity index (χ4n) is 2.70. The summed E-state index contributed by atoms with van der Waals surface area (Å²) >= 11 is 0. The number of hydrogen-bond donors (Lipinski definition) is 1. The molecule has 0 radical (unpaired) electrons.